The van der Waals surface area contributed by atoms with E-state index in [1.165, 1.54) is 0 Å². The van der Waals surface area contributed by atoms with Crippen LogP contribution in [0.5, 0.6) is 0 Å². The average Bonchev–Trinajstić information content (AvgIpc) is 3.00. The Morgan fingerprint density at radius 3 is 2.90 bits per heavy atom. The monoisotopic (exact) mass is 301 g/mol. The van der Waals surface area contributed by atoms with Crippen LogP contribution < -0.4 is 5.32 Å². The molecule has 5 nitrogen and oxygen atoms in total. The predicted molar refractivity (Wildman–Crippen MR) is 81.1 cm³/mol. The molecule has 0 spiro atoms. The lowest BCUT2D eigenvalue weighted by atomic mass is 10.1. The summed E-state index contributed by atoms with van der Waals surface area (Å²) in [5.41, 5.74) is 2.35. The highest BCUT2D eigenvalue weighted by atomic mass is 32.1. The molecule has 21 heavy (non-hydrogen) atoms. The van der Waals surface area contributed by atoms with Gasteiger partial charge in [-0.25, -0.2) is 4.98 Å². The van der Waals surface area contributed by atoms with Crippen LogP contribution in [-0.4, -0.2) is 16.0 Å². The lowest BCUT2D eigenvalue weighted by Crippen LogP contribution is -2.24. The van der Waals surface area contributed by atoms with Crippen molar-refractivity contribution >= 4 is 28.2 Å². The summed E-state index contributed by atoms with van der Waals surface area (Å²) < 4.78 is 5.20. The molecule has 0 bridgehead atoms. The SMILES string of the molecule is Cc1nc(C)c(CNC(=O)Cc2noc3ccccc23)s1. The summed E-state index contributed by atoms with van der Waals surface area (Å²) in [6.45, 7) is 4.42. The van der Waals surface area contributed by atoms with Crippen molar-refractivity contribution in [1.82, 2.24) is 15.5 Å². The highest BCUT2D eigenvalue weighted by Gasteiger charge is 2.12. The third-order valence-electron chi connectivity index (χ3n) is 3.23. The van der Waals surface area contributed by atoms with Crippen LogP contribution in [0.4, 0.5) is 0 Å². The molecule has 0 aliphatic carbocycles. The Labute approximate surface area is 126 Å². The molecule has 0 atom stereocenters. The van der Waals surface area contributed by atoms with E-state index in [2.05, 4.69) is 15.5 Å². The topological polar surface area (TPSA) is 68.0 Å². The van der Waals surface area contributed by atoms with Gasteiger partial charge in [-0.1, -0.05) is 17.3 Å². The minimum Gasteiger partial charge on any atom is -0.356 e. The number of carbonyl (C=O) groups excluding carboxylic acids is 1. The number of rotatable bonds is 4. The average molecular weight is 301 g/mol. The fraction of sp³-hybridized carbons (Fsp3) is 0.267. The van der Waals surface area contributed by atoms with E-state index in [9.17, 15) is 4.79 Å². The molecule has 0 fully saturated rings. The molecule has 0 aliphatic rings. The number of benzene rings is 1. The quantitative estimate of drug-likeness (QED) is 0.804. The fourth-order valence-corrected chi connectivity index (χ4v) is 3.07. The molecule has 1 N–H and O–H groups in total. The summed E-state index contributed by atoms with van der Waals surface area (Å²) in [6, 6.07) is 7.54. The van der Waals surface area contributed by atoms with Crippen LogP contribution in [0.2, 0.25) is 0 Å². The zero-order chi connectivity index (χ0) is 14.8. The highest BCUT2D eigenvalue weighted by Crippen LogP contribution is 2.19. The Hall–Kier alpha value is -2.21. The van der Waals surface area contributed by atoms with Gasteiger partial charge < -0.3 is 9.84 Å². The number of aromatic nitrogens is 2. The van der Waals surface area contributed by atoms with E-state index in [0.717, 1.165) is 21.0 Å². The summed E-state index contributed by atoms with van der Waals surface area (Å²) in [7, 11) is 0. The number of hydrogen-bond donors (Lipinski definition) is 1. The first-order chi connectivity index (χ1) is 10.1. The van der Waals surface area contributed by atoms with E-state index >= 15 is 0 Å². The largest absolute Gasteiger partial charge is 0.356 e. The van der Waals surface area contributed by atoms with Crippen LogP contribution in [-0.2, 0) is 17.8 Å². The maximum Gasteiger partial charge on any atom is 0.226 e. The van der Waals surface area contributed by atoms with Crippen molar-refractivity contribution in [3.8, 4) is 0 Å². The van der Waals surface area contributed by atoms with Crippen LogP contribution in [0.3, 0.4) is 0 Å². The normalized spacial score (nSPS) is 11.0. The first-order valence-corrected chi connectivity index (χ1v) is 7.48. The highest BCUT2D eigenvalue weighted by molar-refractivity contribution is 7.11. The molecule has 108 valence electrons. The molecule has 1 amide bonds. The molecule has 3 aromatic rings. The molecule has 2 aromatic heterocycles. The molecule has 0 unspecified atom stereocenters. The summed E-state index contributed by atoms with van der Waals surface area (Å²) in [5.74, 6) is -0.0699. The number of para-hydroxylation sites is 1. The fourth-order valence-electron chi connectivity index (χ4n) is 2.20. The van der Waals surface area contributed by atoms with Gasteiger partial charge in [0.25, 0.3) is 0 Å². The summed E-state index contributed by atoms with van der Waals surface area (Å²) in [5, 5.41) is 8.77. The van der Waals surface area contributed by atoms with E-state index in [1.54, 1.807) is 11.3 Å². The van der Waals surface area contributed by atoms with Crippen molar-refractivity contribution in [2.24, 2.45) is 0 Å². The minimum absolute atomic E-state index is 0.0699. The number of nitrogens with one attached hydrogen (secondary N) is 1. The number of thiazole rings is 1. The molecule has 0 saturated heterocycles. The second-order valence-electron chi connectivity index (χ2n) is 4.82. The van der Waals surface area contributed by atoms with E-state index in [4.69, 9.17) is 4.52 Å². The van der Waals surface area contributed by atoms with Gasteiger partial charge in [-0.15, -0.1) is 11.3 Å². The number of fused-ring (bicyclic) bond motifs is 1. The standard InChI is InChI=1S/C15H15N3O2S/c1-9-14(21-10(2)17-9)8-16-15(19)7-12-11-5-3-4-6-13(11)20-18-12/h3-6H,7-8H2,1-2H3,(H,16,19). The lowest BCUT2D eigenvalue weighted by Gasteiger charge is -2.02. The van der Waals surface area contributed by atoms with Crippen molar-refractivity contribution in [2.45, 2.75) is 26.8 Å². The second-order valence-corrected chi connectivity index (χ2v) is 6.11. The Morgan fingerprint density at radius 1 is 1.33 bits per heavy atom. The van der Waals surface area contributed by atoms with Crippen molar-refractivity contribution < 1.29 is 9.32 Å². The van der Waals surface area contributed by atoms with Crippen molar-refractivity contribution in [3.05, 3.63) is 45.5 Å². The molecule has 6 heteroatoms. The minimum atomic E-state index is -0.0699. The van der Waals surface area contributed by atoms with Gasteiger partial charge in [-0.05, 0) is 26.0 Å². The summed E-state index contributed by atoms with van der Waals surface area (Å²) in [4.78, 5) is 17.5. The molecular formula is C15H15N3O2S. The summed E-state index contributed by atoms with van der Waals surface area (Å²) in [6.07, 6.45) is 0.216. The molecule has 0 radical (unpaired) electrons. The Kier molecular flexibility index (Phi) is 3.70. The third kappa shape index (κ3) is 2.95. The number of aryl methyl sites for hydroxylation is 2. The zero-order valence-corrected chi connectivity index (χ0v) is 12.7. The van der Waals surface area contributed by atoms with Gasteiger partial charge in [0.2, 0.25) is 5.91 Å². The van der Waals surface area contributed by atoms with Crippen LogP contribution >= 0.6 is 11.3 Å². The molecule has 3 rings (SSSR count). The van der Waals surface area contributed by atoms with Crippen molar-refractivity contribution in [2.75, 3.05) is 0 Å². The molecule has 1 aromatic carbocycles. The van der Waals surface area contributed by atoms with Gasteiger partial charge in [0.1, 0.15) is 5.69 Å². The number of nitrogens with zero attached hydrogens (tertiary/aromatic N) is 2. The number of hydrogen-bond acceptors (Lipinski definition) is 5. The van der Waals surface area contributed by atoms with Gasteiger partial charge in [-0.3, -0.25) is 4.79 Å². The van der Waals surface area contributed by atoms with Gasteiger partial charge in [0, 0.05) is 10.3 Å². The Bertz CT molecular complexity index is 791. The number of amides is 1. The van der Waals surface area contributed by atoms with Crippen LogP contribution in [0.1, 0.15) is 21.3 Å². The van der Waals surface area contributed by atoms with Gasteiger partial charge in [0.05, 0.1) is 23.7 Å². The van der Waals surface area contributed by atoms with E-state index in [1.807, 2.05) is 38.1 Å². The van der Waals surface area contributed by atoms with Crippen LogP contribution in [0.25, 0.3) is 11.0 Å². The maximum atomic E-state index is 12.0. The van der Waals surface area contributed by atoms with Gasteiger partial charge in [0.15, 0.2) is 5.58 Å². The first kappa shape index (κ1) is 13.8. The van der Waals surface area contributed by atoms with Gasteiger partial charge >= 0.3 is 0 Å². The first-order valence-electron chi connectivity index (χ1n) is 6.66. The van der Waals surface area contributed by atoms with Crippen LogP contribution in [0, 0.1) is 13.8 Å². The predicted octanol–water partition coefficient (Wildman–Crippen LogP) is 2.76. The lowest BCUT2D eigenvalue weighted by molar-refractivity contribution is -0.120. The molecule has 0 saturated carbocycles. The third-order valence-corrected chi connectivity index (χ3v) is 4.30. The van der Waals surface area contributed by atoms with E-state index in [0.29, 0.717) is 17.8 Å². The second kappa shape index (κ2) is 5.65. The number of carbonyl (C=O) groups is 1. The van der Waals surface area contributed by atoms with Crippen molar-refractivity contribution in [3.63, 3.8) is 0 Å². The van der Waals surface area contributed by atoms with Gasteiger partial charge in [-0.2, -0.15) is 0 Å². The zero-order valence-electron chi connectivity index (χ0n) is 11.8. The Morgan fingerprint density at radius 2 is 2.14 bits per heavy atom. The Balaban J connectivity index is 1.65. The molecule has 0 aliphatic heterocycles. The molecular weight excluding hydrogens is 286 g/mol. The smallest absolute Gasteiger partial charge is 0.226 e. The van der Waals surface area contributed by atoms with E-state index in [-0.39, 0.29) is 12.3 Å². The van der Waals surface area contributed by atoms with Crippen molar-refractivity contribution in [1.29, 1.82) is 0 Å². The summed E-state index contributed by atoms with van der Waals surface area (Å²) >= 11 is 1.61. The van der Waals surface area contributed by atoms with Crippen LogP contribution in [0.15, 0.2) is 28.8 Å². The maximum absolute atomic E-state index is 12.0. The van der Waals surface area contributed by atoms with E-state index < -0.39 is 0 Å². The molecule has 2 heterocycles.